The van der Waals surface area contributed by atoms with Crippen LogP contribution >= 0.6 is 0 Å². The molecular weight excluding hydrogens is 334 g/mol. The van der Waals surface area contributed by atoms with E-state index < -0.39 is 15.1 Å². The summed E-state index contributed by atoms with van der Waals surface area (Å²) in [6, 6.07) is 7.26. The van der Waals surface area contributed by atoms with E-state index in [-0.39, 0.29) is 16.6 Å². The molecule has 2 unspecified atom stereocenters. The largest absolute Gasteiger partial charge is 0.465 e. The molecule has 0 aliphatic carbocycles. The van der Waals surface area contributed by atoms with Gasteiger partial charge in [0.25, 0.3) is 0 Å². The number of methoxy groups -OCH3 is 1. The minimum absolute atomic E-state index is 0.178. The minimum atomic E-state index is -2.44. The molecule has 1 aliphatic rings. The summed E-state index contributed by atoms with van der Waals surface area (Å²) in [5, 5.41) is -0.178. The summed E-state index contributed by atoms with van der Waals surface area (Å²) in [6.45, 7) is 8.13. The summed E-state index contributed by atoms with van der Waals surface area (Å²) in [7, 11) is 0.568. The molecule has 0 radical (unpaired) electrons. The molecule has 4 nitrogen and oxygen atoms in total. The third-order valence-electron chi connectivity index (χ3n) is 4.65. The summed E-state index contributed by atoms with van der Waals surface area (Å²) < 4.78 is 22.7. The standard InChI is InChI=1S/C20H27NO3S/c1-19(2)11-12-20(3,4)17(25(23,14-19)21-5)13-15-7-9-16(10-8-15)18(22)24-6/h7-10,17H,13-14H2,1-6H3. The second-order valence-corrected chi connectivity index (χ2v) is 10.4. The maximum atomic E-state index is 13.7. The molecule has 2 atom stereocenters. The van der Waals surface area contributed by atoms with Crippen LogP contribution in [0.1, 0.15) is 43.6 Å². The highest BCUT2D eigenvalue weighted by molar-refractivity contribution is 7.94. The van der Waals surface area contributed by atoms with Crippen molar-refractivity contribution >= 4 is 15.7 Å². The summed E-state index contributed by atoms with van der Waals surface area (Å²) >= 11 is 0. The average Bonchev–Trinajstić information content (AvgIpc) is 2.63. The van der Waals surface area contributed by atoms with E-state index in [9.17, 15) is 9.00 Å². The van der Waals surface area contributed by atoms with Crippen LogP contribution in [-0.2, 0) is 20.9 Å². The molecular formula is C20H27NO3S. The average molecular weight is 362 g/mol. The molecule has 0 N–H and O–H groups in total. The van der Waals surface area contributed by atoms with Gasteiger partial charge >= 0.3 is 5.97 Å². The number of ether oxygens (including phenoxy) is 1. The molecule has 0 spiro atoms. The predicted molar refractivity (Wildman–Crippen MR) is 102 cm³/mol. The molecule has 0 aromatic heterocycles. The number of hydrogen-bond donors (Lipinski definition) is 0. The fourth-order valence-electron chi connectivity index (χ4n) is 3.21. The molecule has 0 saturated carbocycles. The van der Waals surface area contributed by atoms with Crippen LogP contribution in [0.5, 0.6) is 0 Å². The van der Waals surface area contributed by atoms with Crippen LogP contribution in [-0.4, -0.2) is 35.3 Å². The first-order valence-electron chi connectivity index (χ1n) is 8.36. The number of carbonyl (C=O) groups excluding carboxylic acids is 1. The zero-order valence-electron chi connectivity index (χ0n) is 15.9. The van der Waals surface area contributed by atoms with Crippen molar-refractivity contribution in [3.05, 3.63) is 35.4 Å². The van der Waals surface area contributed by atoms with Gasteiger partial charge in [-0.1, -0.05) is 24.0 Å². The van der Waals surface area contributed by atoms with Gasteiger partial charge < -0.3 is 4.74 Å². The Balaban J connectivity index is 2.40. The molecule has 1 aromatic carbocycles. The first-order chi connectivity index (χ1) is 11.5. The molecule has 25 heavy (non-hydrogen) atoms. The predicted octanol–water partition coefficient (Wildman–Crippen LogP) is 3.55. The van der Waals surface area contributed by atoms with Crippen LogP contribution in [0.15, 0.2) is 28.6 Å². The smallest absolute Gasteiger partial charge is 0.337 e. The highest BCUT2D eigenvalue weighted by atomic mass is 32.2. The molecule has 2 rings (SSSR count). The minimum Gasteiger partial charge on any atom is -0.465 e. The third kappa shape index (κ3) is 4.24. The van der Waals surface area contributed by atoms with Crippen molar-refractivity contribution in [1.82, 2.24) is 0 Å². The Bertz CT molecular complexity index is 832. The van der Waals surface area contributed by atoms with Crippen molar-refractivity contribution in [3.63, 3.8) is 0 Å². The normalized spacial score (nSPS) is 26.7. The molecule has 0 fully saturated rings. The van der Waals surface area contributed by atoms with Crippen LogP contribution in [0, 0.1) is 22.7 Å². The molecule has 1 aromatic rings. The second-order valence-electron chi connectivity index (χ2n) is 7.75. The van der Waals surface area contributed by atoms with Gasteiger partial charge in [0.05, 0.1) is 27.7 Å². The van der Waals surface area contributed by atoms with Crippen molar-refractivity contribution in [1.29, 1.82) is 0 Å². The van der Waals surface area contributed by atoms with Crippen LogP contribution in [0.3, 0.4) is 0 Å². The zero-order valence-corrected chi connectivity index (χ0v) is 16.7. The van der Waals surface area contributed by atoms with Gasteiger partial charge in [-0.15, -0.1) is 0 Å². The second kappa shape index (κ2) is 6.84. The Morgan fingerprint density at radius 1 is 1.24 bits per heavy atom. The fourth-order valence-corrected chi connectivity index (χ4v) is 6.33. The highest BCUT2D eigenvalue weighted by Crippen LogP contribution is 2.36. The first-order valence-corrected chi connectivity index (χ1v) is 10.1. The van der Waals surface area contributed by atoms with E-state index >= 15 is 0 Å². The van der Waals surface area contributed by atoms with Crippen LogP contribution in [0.2, 0.25) is 0 Å². The van der Waals surface area contributed by atoms with Gasteiger partial charge in [0.1, 0.15) is 0 Å². The van der Waals surface area contributed by atoms with E-state index in [2.05, 4.69) is 16.2 Å². The van der Waals surface area contributed by atoms with Crippen molar-refractivity contribution < 1.29 is 13.7 Å². The van der Waals surface area contributed by atoms with Crippen molar-refractivity contribution in [3.8, 4) is 11.8 Å². The molecule has 0 amide bonds. The highest BCUT2D eigenvalue weighted by Gasteiger charge is 2.41. The van der Waals surface area contributed by atoms with Gasteiger partial charge in [-0.25, -0.2) is 13.4 Å². The van der Waals surface area contributed by atoms with Crippen molar-refractivity contribution in [2.75, 3.05) is 19.9 Å². The number of hydrogen-bond acceptors (Lipinski definition) is 4. The van der Waals surface area contributed by atoms with Gasteiger partial charge in [0.15, 0.2) is 0 Å². The summed E-state index contributed by atoms with van der Waals surface area (Å²) in [4.78, 5) is 11.6. The van der Waals surface area contributed by atoms with E-state index in [1.54, 1.807) is 19.2 Å². The monoisotopic (exact) mass is 361 g/mol. The van der Waals surface area contributed by atoms with Gasteiger partial charge in [-0.2, -0.15) is 0 Å². The SMILES string of the molecule is CN=S1(=O)CC(C)(C)C#CC(C)(C)C1Cc1ccc(C(=O)OC)cc1. The maximum absolute atomic E-state index is 13.7. The lowest BCUT2D eigenvalue weighted by Crippen LogP contribution is -2.39. The van der Waals surface area contributed by atoms with E-state index in [0.717, 1.165) is 5.56 Å². The molecule has 1 heterocycles. The van der Waals surface area contributed by atoms with Crippen LogP contribution in [0.4, 0.5) is 0 Å². The Morgan fingerprint density at radius 2 is 1.84 bits per heavy atom. The zero-order chi connectivity index (χ0) is 18.9. The van der Waals surface area contributed by atoms with Gasteiger partial charge in [-0.3, -0.25) is 0 Å². The lowest BCUT2D eigenvalue weighted by atomic mass is 9.84. The summed E-state index contributed by atoms with van der Waals surface area (Å²) in [6.07, 6.45) is 0.607. The van der Waals surface area contributed by atoms with Gasteiger partial charge in [0.2, 0.25) is 0 Å². The quantitative estimate of drug-likeness (QED) is 0.611. The van der Waals surface area contributed by atoms with Crippen LogP contribution < -0.4 is 0 Å². The molecule has 5 heteroatoms. The lowest BCUT2D eigenvalue weighted by molar-refractivity contribution is 0.0600. The number of benzene rings is 1. The summed E-state index contributed by atoms with van der Waals surface area (Å²) in [5.74, 6) is 6.75. The van der Waals surface area contributed by atoms with E-state index in [0.29, 0.717) is 17.7 Å². The van der Waals surface area contributed by atoms with Crippen LogP contribution in [0.25, 0.3) is 0 Å². The Hall–Kier alpha value is -1.80. The molecule has 0 saturated heterocycles. The van der Waals surface area contributed by atoms with Crippen molar-refractivity contribution in [2.45, 2.75) is 39.4 Å². The van der Waals surface area contributed by atoms with Gasteiger partial charge in [-0.05, 0) is 51.8 Å². The Labute approximate surface area is 151 Å². The number of rotatable bonds is 3. The number of carbonyl (C=O) groups is 1. The Morgan fingerprint density at radius 3 is 2.36 bits per heavy atom. The fraction of sp³-hybridized carbons (Fsp3) is 0.550. The molecule has 0 bridgehead atoms. The van der Waals surface area contributed by atoms with Gasteiger partial charge in [0, 0.05) is 23.6 Å². The molecule has 1 aliphatic heterocycles. The van der Waals surface area contributed by atoms with Crippen molar-refractivity contribution in [2.24, 2.45) is 15.2 Å². The van der Waals surface area contributed by atoms with E-state index in [1.807, 2.05) is 39.8 Å². The summed E-state index contributed by atoms with van der Waals surface area (Å²) in [5.41, 5.74) is 0.791. The van der Waals surface area contributed by atoms with E-state index in [4.69, 9.17) is 4.74 Å². The number of esters is 1. The third-order valence-corrected chi connectivity index (χ3v) is 8.04. The lowest BCUT2D eigenvalue weighted by Gasteiger charge is -2.32. The molecule has 136 valence electrons. The Kier molecular flexibility index (Phi) is 5.34. The topological polar surface area (TPSA) is 55.7 Å². The van der Waals surface area contributed by atoms with E-state index in [1.165, 1.54) is 7.11 Å². The maximum Gasteiger partial charge on any atom is 0.337 e. The first kappa shape index (κ1) is 19.5. The number of nitrogens with zero attached hydrogens (tertiary/aromatic N) is 1.